The molecule has 2 aromatic rings. The first-order valence-electron chi connectivity index (χ1n) is 5.84. The molecular weight excluding hydrogens is 267 g/mol. The van der Waals surface area contributed by atoms with Gasteiger partial charge in [-0.3, -0.25) is 4.79 Å². The molecule has 19 heavy (non-hydrogen) atoms. The fourth-order valence-corrected chi connectivity index (χ4v) is 2.06. The largest absolute Gasteiger partial charge is 0.489 e. The van der Waals surface area contributed by atoms with Gasteiger partial charge in [0.1, 0.15) is 0 Å². The number of aldehydes is 1. The molecule has 98 valence electrons. The van der Waals surface area contributed by atoms with Gasteiger partial charge in [0.25, 0.3) is 0 Å². The van der Waals surface area contributed by atoms with Crippen LogP contribution < -0.4 is 4.74 Å². The lowest BCUT2D eigenvalue weighted by Crippen LogP contribution is -1.98. The monoisotopic (exact) mass is 278 g/mol. The molecule has 2 nitrogen and oxygen atoms in total. The van der Waals surface area contributed by atoms with E-state index in [2.05, 4.69) is 0 Å². The predicted molar refractivity (Wildman–Crippen MR) is 73.4 cm³/mol. The lowest BCUT2D eigenvalue weighted by Gasteiger charge is -2.12. The maximum Gasteiger partial charge on any atom is 0.174 e. The minimum atomic E-state index is -0.552. The molecule has 0 radical (unpaired) electrons. The summed E-state index contributed by atoms with van der Waals surface area (Å²) < 4.78 is 19.6. The Bertz CT molecular complexity index is 611. The minimum absolute atomic E-state index is 0.0161. The summed E-state index contributed by atoms with van der Waals surface area (Å²) >= 11 is 5.91. The van der Waals surface area contributed by atoms with E-state index in [-0.39, 0.29) is 10.8 Å². The summed E-state index contributed by atoms with van der Waals surface area (Å²) in [5, 5.41) is 0.215. The van der Waals surface area contributed by atoms with E-state index in [9.17, 15) is 9.18 Å². The SMILES string of the molecule is CCOc1c(Cl)ccc(-c2ccccc2C=O)c1F. The Kier molecular flexibility index (Phi) is 4.17. The molecule has 0 aromatic heterocycles. The fourth-order valence-electron chi connectivity index (χ4n) is 1.86. The third-order valence-corrected chi connectivity index (χ3v) is 3.01. The number of halogens is 2. The van der Waals surface area contributed by atoms with Crippen molar-refractivity contribution in [2.45, 2.75) is 6.92 Å². The molecule has 2 aromatic carbocycles. The molecule has 0 saturated heterocycles. The van der Waals surface area contributed by atoms with Gasteiger partial charge in [0.15, 0.2) is 17.9 Å². The first kappa shape index (κ1) is 13.6. The number of rotatable bonds is 4. The van der Waals surface area contributed by atoms with E-state index in [1.165, 1.54) is 0 Å². The van der Waals surface area contributed by atoms with E-state index in [0.717, 1.165) is 0 Å². The van der Waals surface area contributed by atoms with Crippen LogP contribution in [-0.2, 0) is 0 Å². The quantitative estimate of drug-likeness (QED) is 0.777. The molecule has 0 aliphatic carbocycles. The molecule has 2 rings (SSSR count). The van der Waals surface area contributed by atoms with Crippen molar-refractivity contribution < 1.29 is 13.9 Å². The maximum atomic E-state index is 14.4. The van der Waals surface area contributed by atoms with Gasteiger partial charge in [-0.15, -0.1) is 0 Å². The molecule has 0 aliphatic rings. The molecule has 0 amide bonds. The van der Waals surface area contributed by atoms with Crippen molar-refractivity contribution in [2.24, 2.45) is 0 Å². The van der Waals surface area contributed by atoms with Crippen molar-refractivity contribution in [3.05, 3.63) is 52.8 Å². The van der Waals surface area contributed by atoms with Crippen LogP contribution in [-0.4, -0.2) is 12.9 Å². The summed E-state index contributed by atoms with van der Waals surface area (Å²) in [5.74, 6) is -0.536. The van der Waals surface area contributed by atoms with E-state index in [1.807, 2.05) is 0 Å². The molecule has 0 fully saturated rings. The summed E-state index contributed by atoms with van der Waals surface area (Å²) in [6, 6.07) is 9.90. The summed E-state index contributed by atoms with van der Waals surface area (Å²) in [6.45, 7) is 2.07. The topological polar surface area (TPSA) is 26.3 Å². The van der Waals surface area contributed by atoms with Gasteiger partial charge in [0.2, 0.25) is 0 Å². The van der Waals surface area contributed by atoms with Crippen LogP contribution in [0.3, 0.4) is 0 Å². The van der Waals surface area contributed by atoms with Gasteiger partial charge in [-0.2, -0.15) is 0 Å². The Morgan fingerprint density at radius 3 is 2.63 bits per heavy atom. The number of benzene rings is 2. The number of hydrogen-bond donors (Lipinski definition) is 0. The predicted octanol–water partition coefficient (Wildman–Crippen LogP) is 4.36. The lowest BCUT2D eigenvalue weighted by atomic mass is 9.99. The van der Waals surface area contributed by atoms with Crippen LogP contribution in [0, 0.1) is 5.82 Å². The highest BCUT2D eigenvalue weighted by Gasteiger charge is 2.16. The van der Waals surface area contributed by atoms with Gasteiger partial charge >= 0.3 is 0 Å². The summed E-state index contributed by atoms with van der Waals surface area (Å²) in [5.41, 5.74) is 1.24. The second-order valence-electron chi connectivity index (χ2n) is 3.88. The lowest BCUT2D eigenvalue weighted by molar-refractivity contribution is 0.112. The van der Waals surface area contributed by atoms with Gasteiger partial charge in [-0.05, 0) is 24.6 Å². The second-order valence-corrected chi connectivity index (χ2v) is 4.28. The van der Waals surface area contributed by atoms with E-state index in [1.54, 1.807) is 43.3 Å². The molecule has 0 spiro atoms. The normalized spacial score (nSPS) is 10.3. The van der Waals surface area contributed by atoms with Gasteiger partial charge < -0.3 is 4.74 Å². The zero-order valence-corrected chi connectivity index (χ0v) is 11.1. The van der Waals surface area contributed by atoms with Crippen LogP contribution in [0.4, 0.5) is 4.39 Å². The minimum Gasteiger partial charge on any atom is -0.489 e. The molecule has 0 aliphatic heterocycles. The van der Waals surface area contributed by atoms with Crippen molar-refractivity contribution in [1.82, 2.24) is 0 Å². The third-order valence-electron chi connectivity index (χ3n) is 2.72. The Morgan fingerprint density at radius 2 is 1.95 bits per heavy atom. The van der Waals surface area contributed by atoms with Crippen molar-refractivity contribution in [1.29, 1.82) is 0 Å². The van der Waals surface area contributed by atoms with Gasteiger partial charge in [-0.1, -0.05) is 35.9 Å². The highest BCUT2D eigenvalue weighted by atomic mass is 35.5. The maximum absolute atomic E-state index is 14.4. The van der Waals surface area contributed by atoms with Crippen LogP contribution in [0.1, 0.15) is 17.3 Å². The fraction of sp³-hybridized carbons (Fsp3) is 0.133. The van der Waals surface area contributed by atoms with E-state index < -0.39 is 5.82 Å². The number of carbonyl (C=O) groups is 1. The molecule has 0 heterocycles. The van der Waals surface area contributed by atoms with E-state index in [4.69, 9.17) is 16.3 Å². The van der Waals surface area contributed by atoms with Crippen molar-refractivity contribution in [3.8, 4) is 16.9 Å². The standard InChI is InChI=1S/C15H12ClFO2/c1-2-19-15-13(16)8-7-12(14(15)17)11-6-4-3-5-10(11)9-18/h3-9H,2H2,1H3. The van der Waals surface area contributed by atoms with Crippen molar-refractivity contribution >= 4 is 17.9 Å². The first-order chi connectivity index (χ1) is 9.19. The Labute approximate surface area is 115 Å². The van der Waals surface area contributed by atoms with Gasteiger partial charge in [0, 0.05) is 11.1 Å². The number of hydrogen-bond acceptors (Lipinski definition) is 2. The first-order valence-corrected chi connectivity index (χ1v) is 6.22. The zero-order valence-electron chi connectivity index (χ0n) is 10.3. The Balaban J connectivity index is 2.63. The molecule has 0 atom stereocenters. The summed E-state index contributed by atoms with van der Waals surface area (Å²) in [4.78, 5) is 11.0. The smallest absolute Gasteiger partial charge is 0.174 e. The van der Waals surface area contributed by atoms with E-state index in [0.29, 0.717) is 29.6 Å². The van der Waals surface area contributed by atoms with Crippen molar-refractivity contribution in [2.75, 3.05) is 6.61 Å². The van der Waals surface area contributed by atoms with Gasteiger partial charge in [0.05, 0.1) is 11.6 Å². The van der Waals surface area contributed by atoms with Crippen LogP contribution in [0.15, 0.2) is 36.4 Å². The number of ether oxygens (including phenoxy) is 1. The molecular formula is C15H12ClFO2. The van der Waals surface area contributed by atoms with Crippen LogP contribution in [0.25, 0.3) is 11.1 Å². The average Bonchev–Trinajstić information content (AvgIpc) is 2.43. The second kappa shape index (κ2) is 5.85. The molecule has 0 saturated carbocycles. The summed E-state index contributed by atoms with van der Waals surface area (Å²) in [7, 11) is 0. The van der Waals surface area contributed by atoms with Gasteiger partial charge in [-0.25, -0.2) is 4.39 Å². The highest BCUT2D eigenvalue weighted by molar-refractivity contribution is 6.32. The van der Waals surface area contributed by atoms with Crippen LogP contribution in [0.5, 0.6) is 5.75 Å². The molecule has 0 N–H and O–H groups in total. The average molecular weight is 279 g/mol. The zero-order chi connectivity index (χ0) is 13.8. The molecule has 0 bridgehead atoms. The third kappa shape index (κ3) is 2.61. The Morgan fingerprint density at radius 1 is 1.21 bits per heavy atom. The highest BCUT2D eigenvalue weighted by Crippen LogP contribution is 2.35. The number of carbonyl (C=O) groups excluding carboxylic acids is 1. The summed E-state index contributed by atoms with van der Waals surface area (Å²) in [6.07, 6.45) is 0.698. The molecule has 0 unspecified atom stereocenters. The van der Waals surface area contributed by atoms with Crippen LogP contribution in [0.2, 0.25) is 5.02 Å². The van der Waals surface area contributed by atoms with E-state index >= 15 is 0 Å². The van der Waals surface area contributed by atoms with Crippen molar-refractivity contribution in [3.63, 3.8) is 0 Å². The Hall–Kier alpha value is -1.87. The molecule has 4 heteroatoms. The van der Waals surface area contributed by atoms with Crippen LogP contribution >= 0.6 is 11.6 Å².